The van der Waals surface area contributed by atoms with E-state index in [1.165, 1.54) is 31.8 Å². The Morgan fingerprint density at radius 2 is 1.25 bits per heavy atom. The number of phenols is 2. The van der Waals surface area contributed by atoms with Crippen LogP contribution in [0.4, 0.5) is 0 Å². The Balaban J connectivity index is 0.000000161. The van der Waals surface area contributed by atoms with Crippen LogP contribution >= 0.6 is 0 Å². The number of benzene rings is 2. The van der Waals surface area contributed by atoms with Crippen molar-refractivity contribution in [3.8, 4) is 11.5 Å². The van der Waals surface area contributed by atoms with Gasteiger partial charge in [0.05, 0.1) is 5.56 Å². The number of aromatic hydroxyl groups is 2. The van der Waals surface area contributed by atoms with Gasteiger partial charge in [0.15, 0.2) is 17.3 Å². The molecule has 0 radical (unpaired) electrons. The molecule has 0 aliphatic rings. The van der Waals surface area contributed by atoms with Gasteiger partial charge in [-0.2, -0.15) is 0 Å². The van der Waals surface area contributed by atoms with Crippen molar-refractivity contribution in [2.45, 2.75) is 6.92 Å². The second-order valence-electron chi connectivity index (χ2n) is 5.71. The SMILES string of the molecule is CC(=O)c1ccc2cncnc2c1O.O=C(O)c1ccc2cncnc2c1O. The van der Waals surface area contributed by atoms with Crippen molar-refractivity contribution in [3.63, 3.8) is 0 Å². The first-order chi connectivity index (χ1) is 13.4. The van der Waals surface area contributed by atoms with Crippen LogP contribution in [0.5, 0.6) is 11.5 Å². The predicted octanol–water partition coefficient (Wildman–Crippen LogP) is 2.57. The molecule has 0 fully saturated rings. The van der Waals surface area contributed by atoms with Crippen LogP contribution < -0.4 is 0 Å². The van der Waals surface area contributed by atoms with Crippen LogP contribution in [0.25, 0.3) is 21.8 Å². The summed E-state index contributed by atoms with van der Waals surface area (Å²) < 4.78 is 0. The Morgan fingerprint density at radius 3 is 1.71 bits per heavy atom. The van der Waals surface area contributed by atoms with Crippen molar-refractivity contribution in [1.29, 1.82) is 0 Å². The summed E-state index contributed by atoms with van der Waals surface area (Å²) in [6.07, 6.45) is 5.69. The van der Waals surface area contributed by atoms with Gasteiger partial charge in [-0.25, -0.2) is 24.7 Å². The lowest BCUT2D eigenvalue weighted by Gasteiger charge is -2.02. The lowest BCUT2D eigenvalue weighted by molar-refractivity contribution is 0.0693. The normalized spacial score (nSPS) is 10.3. The maximum Gasteiger partial charge on any atom is 0.339 e. The number of rotatable bonds is 2. The Bertz CT molecular complexity index is 1110. The van der Waals surface area contributed by atoms with Gasteiger partial charge >= 0.3 is 5.97 Å². The zero-order valence-electron chi connectivity index (χ0n) is 14.6. The molecule has 0 bridgehead atoms. The van der Waals surface area contributed by atoms with E-state index in [4.69, 9.17) is 5.11 Å². The van der Waals surface area contributed by atoms with Gasteiger partial charge in [0.1, 0.15) is 29.3 Å². The van der Waals surface area contributed by atoms with Crippen molar-refractivity contribution in [2.24, 2.45) is 0 Å². The molecule has 2 heterocycles. The number of phenolic OH excluding ortho intramolecular Hbond substituents is 1. The van der Waals surface area contributed by atoms with Crippen LogP contribution in [0.2, 0.25) is 0 Å². The van der Waals surface area contributed by atoms with E-state index in [0.717, 1.165) is 5.39 Å². The third-order valence-electron chi connectivity index (χ3n) is 3.91. The number of ketones is 1. The summed E-state index contributed by atoms with van der Waals surface area (Å²) in [5.74, 6) is -1.75. The molecule has 140 valence electrons. The maximum atomic E-state index is 11.1. The van der Waals surface area contributed by atoms with E-state index < -0.39 is 5.97 Å². The third kappa shape index (κ3) is 3.54. The summed E-state index contributed by atoms with van der Waals surface area (Å²) in [6, 6.07) is 6.16. The van der Waals surface area contributed by atoms with E-state index in [2.05, 4.69) is 19.9 Å². The lowest BCUT2D eigenvalue weighted by atomic mass is 10.1. The average Bonchev–Trinajstić information content (AvgIpc) is 2.69. The van der Waals surface area contributed by atoms with Gasteiger partial charge in [-0.3, -0.25) is 4.79 Å². The smallest absolute Gasteiger partial charge is 0.339 e. The van der Waals surface area contributed by atoms with Crippen LogP contribution in [0.1, 0.15) is 27.6 Å². The first-order valence-electron chi connectivity index (χ1n) is 7.97. The number of carbonyl (C=O) groups excluding carboxylic acids is 1. The molecule has 9 heteroatoms. The molecule has 3 N–H and O–H groups in total. The van der Waals surface area contributed by atoms with Crippen molar-refractivity contribution in [3.05, 3.63) is 60.4 Å². The Morgan fingerprint density at radius 1 is 0.786 bits per heavy atom. The Labute approximate surface area is 158 Å². The van der Waals surface area contributed by atoms with E-state index in [0.29, 0.717) is 10.9 Å². The molecule has 0 saturated carbocycles. The van der Waals surface area contributed by atoms with Gasteiger partial charge in [-0.05, 0) is 19.1 Å². The van der Waals surface area contributed by atoms with Crippen molar-refractivity contribution in [1.82, 2.24) is 19.9 Å². The minimum atomic E-state index is -1.18. The highest BCUT2D eigenvalue weighted by Gasteiger charge is 2.13. The first kappa shape index (κ1) is 18.6. The van der Waals surface area contributed by atoms with Crippen molar-refractivity contribution < 1.29 is 24.9 Å². The molecule has 2 aromatic carbocycles. The van der Waals surface area contributed by atoms with E-state index in [9.17, 15) is 19.8 Å². The van der Waals surface area contributed by atoms with Crippen LogP contribution in [0, 0.1) is 0 Å². The third-order valence-corrected chi connectivity index (χ3v) is 3.91. The molecule has 0 aliphatic heterocycles. The monoisotopic (exact) mass is 378 g/mol. The number of carboxylic acids is 1. The zero-order valence-corrected chi connectivity index (χ0v) is 14.6. The second-order valence-corrected chi connectivity index (χ2v) is 5.71. The minimum absolute atomic E-state index is 0.0719. The molecule has 0 atom stereocenters. The Hall–Kier alpha value is -4.14. The summed E-state index contributed by atoms with van der Waals surface area (Å²) >= 11 is 0. The lowest BCUT2D eigenvalue weighted by Crippen LogP contribution is -1.97. The molecule has 0 amide bonds. The molecule has 4 rings (SSSR count). The summed E-state index contributed by atoms with van der Waals surface area (Å²) in [4.78, 5) is 37.1. The average molecular weight is 378 g/mol. The standard InChI is InChI=1S/C10H8N2O2.C9H6N2O3/c1-6(13)8-3-2-7-4-11-5-12-9(7)10(8)14;12-8-6(9(13)14)2-1-5-3-10-4-11-7(5)8/h2-5,14H,1H3;1-4,12H,(H,13,14). The van der Waals surface area contributed by atoms with Gasteiger partial charge in [0, 0.05) is 23.2 Å². The number of nitrogens with zero attached hydrogens (tertiary/aromatic N) is 4. The first-order valence-corrected chi connectivity index (χ1v) is 7.97. The van der Waals surface area contributed by atoms with E-state index in [1.807, 2.05) is 0 Å². The van der Waals surface area contributed by atoms with Gasteiger partial charge < -0.3 is 15.3 Å². The summed E-state index contributed by atoms with van der Waals surface area (Å²) in [6.45, 7) is 1.40. The number of hydrogen-bond donors (Lipinski definition) is 3. The van der Waals surface area contributed by atoms with Gasteiger partial charge in [0.25, 0.3) is 0 Å². The summed E-state index contributed by atoms with van der Waals surface area (Å²) in [5.41, 5.74) is 0.792. The molecule has 4 aromatic rings. The number of aromatic carboxylic acids is 1. The number of Topliss-reactive ketones (excluding diaryl/α,β-unsaturated/α-hetero) is 1. The quantitative estimate of drug-likeness (QED) is 0.448. The molecule has 28 heavy (non-hydrogen) atoms. The zero-order chi connectivity index (χ0) is 20.3. The highest BCUT2D eigenvalue weighted by Crippen LogP contribution is 2.27. The van der Waals surface area contributed by atoms with Gasteiger partial charge in [-0.15, -0.1) is 0 Å². The maximum absolute atomic E-state index is 11.1. The van der Waals surface area contributed by atoms with Crippen LogP contribution in [0.15, 0.2) is 49.3 Å². The number of carboxylic acid groups (broad SMARTS) is 1. The molecule has 0 saturated heterocycles. The van der Waals surface area contributed by atoms with Crippen molar-refractivity contribution >= 4 is 33.6 Å². The van der Waals surface area contributed by atoms with Crippen LogP contribution in [-0.2, 0) is 0 Å². The molecule has 0 spiro atoms. The fourth-order valence-corrected chi connectivity index (χ4v) is 2.54. The summed E-state index contributed by atoms with van der Waals surface area (Å²) in [5, 5.41) is 29.3. The molecular formula is C19H14N4O5. The minimum Gasteiger partial charge on any atom is -0.505 e. The second kappa shape index (κ2) is 7.62. The number of aromatic nitrogens is 4. The molecular weight excluding hydrogens is 364 g/mol. The number of fused-ring (bicyclic) bond motifs is 2. The fraction of sp³-hybridized carbons (Fsp3) is 0.0526. The van der Waals surface area contributed by atoms with Crippen molar-refractivity contribution in [2.75, 3.05) is 0 Å². The predicted molar refractivity (Wildman–Crippen MR) is 99.4 cm³/mol. The van der Waals surface area contributed by atoms with E-state index >= 15 is 0 Å². The van der Waals surface area contributed by atoms with Gasteiger partial charge in [-0.1, -0.05) is 12.1 Å². The molecule has 2 aromatic heterocycles. The largest absolute Gasteiger partial charge is 0.505 e. The Kier molecular flexibility index (Phi) is 5.07. The summed E-state index contributed by atoms with van der Waals surface area (Å²) in [7, 11) is 0. The molecule has 0 unspecified atom stereocenters. The molecule has 0 aliphatic carbocycles. The van der Waals surface area contributed by atoms with E-state index in [1.54, 1.807) is 24.4 Å². The van der Waals surface area contributed by atoms with E-state index in [-0.39, 0.29) is 33.9 Å². The highest BCUT2D eigenvalue weighted by atomic mass is 16.4. The van der Waals surface area contributed by atoms with Crippen LogP contribution in [-0.4, -0.2) is 47.0 Å². The molecule has 9 nitrogen and oxygen atoms in total. The number of carbonyl (C=O) groups is 2. The van der Waals surface area contributed by atoms with Gasteiger partial charge in [0.2, 0.25) is 0 Å². The highest BCUT2D eigenvalue weighted by molar-refractivity contribution is 6.02. The van der Waals surface area contributed by atoms with Crippen LogP contribution in [0.3, 0.4) is 0 Å². The topological polar surface area (TPSA) is 146 Å². The number of hydrogen-bond acceptors (Lipinski definition) is 8. The fourth-order valence-electron chi connectivity index (χ4n) is 2.54.